The molecule has 5 heteroatoms. The highest BCUT2D eigenvalue weighted by atomic mass is 19.4. The summed E-state index contributed by atoms with van der Waals surface area (Å²) >= 11 is 0. The van der Waals surface area contributed by atoms with Crippen molar-refractivity contribution < 1.29 is 17.9 Å². The monoisotopic (exact) mass is 301 g/mol. The average Bonchev–Trinajstić information content (AvgIpc) is 2.91. The Morgan fingerprint density at radius 2 is 2.00 bits per heavy atom. The Bertz CT molecular complexity index is 424. The van der Waals surface area contributed by atoms with Crippen molar-refractivity contribution in [3.05, 3.63) is 35.4 Å². The number of halogens is 3. The molecule has 0 spiro atoms. The van der Waals surface area contributed by atoms with Crippen molar-refractivity contribution in [3.63, 3.8) is 0 Å². The van der Waals surface area contributed by atoms with Crippen LogP contribution in [0.25, 0.3) is 0 Å². The Morgan fingerprint density at radius 3 is 2.52 bits per heavy atom. The van der Waals surface area contributed by atoms with Gasteiger partial charge in [-0.3, -0.25) is 0 Å². The van der Waals surface area contributed by atoms with Crippen LogP contribution < -0.4 is 5.32 Å². The van der Waals surface area contributed by atoms with Gasteiger partial charge in [0.15, 0.2) is 0 Å². The molecule has 0 aromatic heterocycles. The van der Waals surface area contributed by atoms with Gasteiger partial charge in [0.05, 0.1) is 11.7 Å². The first-order valence-electron chi connectivity index (χ1n) is 7.50. The largest absolute Gasteiger partial charge is 0.416 e. The Balaban J connectivity index is 1.95. The van der Waals surface area contributed by atoms with E-state index in [-0.39, 0.29) is 12.1 Å². The van der Waals surface area contributed by atoms with Crippen LogP contribution in [0.15, 0.2) is 24.3 Å². The lowest BCUT2D eigenvalue weighted by molar-refractivity contribution is -0.137. The van der Waals surface area contributed by atoms with E-state index in [1.54, 1.807) is 12.1 Å². The van der Waals surface area contributed by atoms with Gasteiger partial charge in [0.2, 0.25) is 0 Å². The normalized spacial score (nSPS) is 20.7. The molecule has 0 aliphatic carbocycles. The summed E-state index contributed by atoms with van der Waals surface area (Å²) in [4.78, 5) is 0. The summed E-state index contributed by atoms with van der Waals surface area (Å²) in [5.74, 6) is 0. The number of likely N-dealkylation sites (N-methyl/N-ethyl adjacent to an activating group) is 1. The maximum absolute atomic E-state index is 12.5. The summed E-state index contributed by atoms with van der Waals surface area (Å²) in [7, 11) is 0. The molecule has 1 fully saturated rings. The maximum Gasteiger partial charge on any atom is 0.416 e. The van der Waals surface area contributed by atoms with Crippen molar-refractivity contribution in [3.8, 4) is 0 Å². The number of benzene rings is 1. The van der Waals surface area contributed by atoms with E-state index in [4.69, 9.17) is 4.74 Å². The van der Waals surface area contributed by atoms with Gasteiger partial charge in [0.25, 0.3) is 0 Å². The number of nitrogens with one attached hydrogen (secondary N) is 1. The molecular formula is C16H22F3NO. The molecule has 1 heterocycles. The van der Waals surface area contributed by atoms with E-state index in [1.807, 2.05) is 6.92 Å². The Morgan fingerprint density at radius 1 is 1.29 bits per heavy atom. The Kier molecular flexibility index (Phi) is 5.65. The van der Waals surface area contributed by atoms with Crippen molar-refractivity contribution in [1.82, 2.24) is 5.32 Å². The topological polar surface area (TPSA) is 21.3 Å². The van der Waals surface area contributed by atoms with Crippen LogP contribution in [-0.2, 0) is 17.3 Å². The molecule has 2 unspecified atom stereocenters. The van der Waals surface area contributed by atoms with Gasteiger partial charge in [-0.1, -0.05) is 19.1 Å². The predicted molar refractivity (Wildman–Crippen MR) is 76.2 cm³/mol. The SMILES string of the molecule is CCNC(Cc1ccc(C(F)(F)F)cc1)CC1CCCO1. The van der Waals surface area contributed by atoms with Crippen LogP contribution in [0.2, 0.25) is 0 Å². The molecule has 21 heavy (non-hydrogen) atoms. The van der Waals surface area contributed by atoms with Crippen LogP contribution in [0.1, 0.15) is 37.3 Å². The molecular weight excluding hydrogens is 279 g/mol. The predicted octanol–water partition coefficient (Wildman–Crippen LogP) is 3.80. The molecule has 1 saturated heterocycles. The molecule has 1 aromatic carbocycles. The van der Waals surface area contributed by atoms with Gasteiger partial charge in [0.1, 0.15) is 0 Å². The van der Waals surface area contributed by atoms with Gasteiger partial charge in [-0.05, 0) is 49.9 Å². The fraction of sp³-hybridized carbons (Fsp3) is 0.625. The molecule has 0 bridgehead atoms. The molecule has 0 amide bonds. The molecule has 0 saturated carbocycles. The van der Waals surface area contributed by atoms with Gasteiger partial charge in [-0.25, -0.2) is 0 Å². The van der Waals surface area contributed by atoms with E-state index >= 15 is 0 Å². The highest BCUT2D eigenvalue weighted by molar-refractivity contribution is 5.25. The van der Waals surface area contributed by atoms with Gasteiger partial charge < -0.3 is 10.1 Å². The standard InChI is InChI=1S/C16H22F3NO/c1-2-20-14(11-15-4-3-9-21-15)10-12-5-7-13(8-6-12)16(17,18)19/h5-8,14-15,20H,2-4,9-11H2,1H3. The second kappa shape index (κ2) is 7.27. The van der Waals surface area contributed by atoms with Crippen LogP contribution in [0.3, 0.4) is 0 Å². The van der Waals surface area contributed by atoms with Crippen molar-refractivity contribution in [1.29, 1.82) is 0 Å². The summed E-state index contributed by atoms with van der Waals surface area (Å²) in [5.41, 5.74) is 0.331. The molecule has 2 atom stereocenters. The summed E-state index contributed by atoms with van der Waals surface area (Å²) in [6, 6.07) is 5.70. The first kappa shape index (κ1) is 16.3. The summed E-state index contributed by atoms with van der Waals surface area (Å²) in [6.45, 7) is 3.71. The third-order valence-corrected chi connectivity index (χ3v) is 3.83. The third-order valence-electron chi connectivity index (χ3n) is 3.83. The van der Waals surface area contributed by atoms with E-state index in [0.717, 1.165) is 56.5 Å². The second-order valence-electron chi connectivity index (χ2n) is 5.52. The van der Waals surface area contributed by atoms with Crippen molar-refractivity contribution in [2.45, 2.75) is 50.9 Å². The van der Waals surface area contributed by atoms with Gasteiger partial charge in [-0.2, -0.15) is 13.2 Å². The summed E-state index contributed by atoms with van der Waals surface area (Å²) < 4.78 is 43.3. The highest BCUT2D eigenvalue weighted by Crippen LogP contribution is 2.29. The highest BCUT2D eigenvalue weighted by Gasteiger charge is 2.30. The number of hydrogen-bond acceptors (Lipinski definition) is 2. The fourth-order valence-electron chi connectivity index (χ4n) is 2.79. The number of alkyl halides is 3. The average molecular weight is 301 g/mol. The molecule has 0 radical (unpaired) electrons. The van der Waals surface area contributed by atoms with Crippen LogP contribution in [0.5, 0.6) is 0 Å². The lowest BCUT2D eigenvalue weighted by Crippen LogP contribution is -2.34. The Labute approximate surface area is 123 Å². The van der Waals surface area contributed by atoms with Crippen LogP contribution >= 0.6 is 0 Å². The van der Waals surface area contributed by atoms with Crippen molar-refractivity contribution in [2.24, 2.45) is 0 Å². The third kappa shape index (κ3) is 5.00. The van der Waals surface area contributed by atoms with E-state index in [9.17, 15) is 13.2 Å². The fourth-order valence-corrected chi connectivity index (χ4v) is 2.79. The number of hydrogen-bond donors (Lipinski definition) is 1. The van der Waals surface area contributed by atoms with E-state index < -0.39 is 11.7 Å². The summed E-state index contributed by atoms with van der Waals surface area (Å²) in [5, 5.41) is 3.40. The smallest absolute Gasteiger partial charge is 0.378 e. The zero-order valence-electron chi connectivity index (χ0n) is 12.2. The lowest BCUT2D eigenvalue weighted by atomic mass is 9.98. The molecule has 1 aliphatic heterocycles. The zero-order valence-corrected chi connectivity index (χ0v) is 12.2. The van der Waals surface area contributed by atoms with E-state index in [2.05, 4.69) is 5.32 Å². The van der Waals surface area contributed by atoms with Gasteiger partial charge in [-0.15, -0.1) is 0 Å². The molecule has 2 rings (SSSR count). The van der Waals surface area contributed by atoms with E-state index in [0.29, 0.717) is 0 Å². The molecule has 2 nitrogen and oxygen atoms in total. The van der Waals surface area contributed by atoms with Crippen molar-refractivity contribution in [2.75, 3.05) is 13.2 Å². The number of rotatable bonds is 6. The van der Waals surface area contributed by atoms with Gasteiger partial charge >= 0.3 is 6.18 Å². The van der Waals surface area contributed by atoms with Crippen molar-refractivity contribution >= 4 is 0 Å². The Hall–Kier alpha value is -1.07. The quantitative estimate of drug-likeness (QED) is 0.863. The minimum absolute atomic E-state index is 0.245. The molecule has 1 N–H and O–H groups in total. The van der Waals surface area contributed by atoms with Crippen LogP contribution in [0.4, 0.5) is 13.2 Å². The zero-order chi connectivity index (χ0) is 15.3. The first-order chi connectivity index (χ1) is 9.99. The van der Waals surface area contributed by atoms with Crippen LogP contribution in [-0.4, -0.2) is 25.3 Å². The summed E-state index contributed by atoms with van der Waals surface area (Å²) in [6.07, 6.45) is -0.167. The second-order valence-corrected chi connectivity index (χ2v) is 5.52. The molecule has 1 aromatic rings. The minimum atomic E-state index is -4.27. The molecule has 1 aliphatic rings. The van der Waals surface area contributed by atoms with Crippen LogP contribution in [0, 0.1) is 0 Å². The van der Waals surface area contributed by atoms with E-state index in [1.165, 1.54) is 0 Å². The number of ether oxygens (including phenoxy) is 1. The molecule has 118 valence electrons. The first-order valence-corrected chi connectivity index (χ1v) is 7.50. The minimum Gasteiger partial charge on any atom is -0.378 e. The maximum atomic E-state index is 12.5. The van der Waals surface area contributed by atoms with Gasteiger partial charge in [0, 0.05) is 12.6 Å². The lowest BCUT2D eigenvalue weighted by Gasteiger charge is -2.21.